The molecule has 24 heavy (non-hydrogen) atoms. The minimum Gasteiger partial charge on any atom is -0.480 e. The SMILES string of the molecule is CSC1=NN2C(c3ccc(C)cc3C)CC(C(=O)O)NC2C1C#N. The first-order chi connectivity index (χ1) is 11.5. The summed E-state index contributed by atoms with van der Waals surface area (Å²) in [4.78, 5) is 11.6. The van der Waals surface area contributed by atoms with E-state index in [0.717, 1.165) is 16.2 Å². The molecule has 0 spiro atoms. The van der Waals surface area contributed by atoms with Crippen molar-refractivity contribution in [1.29, 1.82) is 5.26 Å². The number of benzene rings is 1. The average Bonchev–Trinajstić information content (AvgIpc) is 2.91. The van der Waals surface area contributed by atoms with E-state index in [2.05, 4.69) is 22.6 Å². The molecule has 2 aliphatic heterocycles. The van der Waals surface area contributed by atoms with Crippen LogP contribution in [0.4, 0.5) is 0 Å². The van der Waals surface area contributed by atoms with Crippen LogP contribution in [0.2, 0.25) is 0 Å². The van der Waals surface area contributed by atoms with Crippen LogP contribution in [0.5, 0.6) is 0 Å². The van der Waals surface area contributed by atoms with Gasteiger partial charge in [0.2, 0.25) is 0 Å². The molecule has 4 unspecified atom stereocenters. The van der Waals surface area contributed by atoms with E-state index in [-0.39, 0.29) is 6.04 Å². The molecule has 0 saturated carbocycles. The van der Waals surface area contributed by atoms with Crippen molar-refractivity contribution in [2.24, 2.45) is 11.0 Å². The van der Waals surface area contributed by atoms with Crippen LogP contribution in [0.3, 0.4) is 0 Å². The highest BCUT2D eigenvalue weighted by Gasteiger charge is 2.47. The molecule has 1 aromatic rings. The van der Waals surface area contributed by atoms with Gasteiger partial charge in [0, 0.05) is 0 Å². The van der Waals surface area contributed by atoms with Crippen molar-refractivity contribution in [1.82, 2.24) is 10.3 Å². The second kappa shape index (κ2) is 6.46. The summed E-state index contributed by atoms with van der Waals surface area (Å²) in [6.45, 7) is 4.07. The summed E-state index contributed by atoms with van der Waals surface area (Å²) in [6, 6.07) is 7.60. The Morgan fingerprint density at radius 1 is 1.50 bits per heavy atom. The normalized spacial score (nSPS) is 28.9. The number of carboxylic acid groups (broad SMARTS) is 1. The van der Waals surface area contributed by atoms with E-state index in [0.29, 0.717) is 6.42 Å². The van der Waals surface area contributed by atoms with E-state index in [4.69, 9.17) is 0 Å². The van der Waals surface area contributed by atoms with Crippen molar-refractivity contribution in [3.05, 3.63) is 34.9 Å². The van der Waals surface area contributed by atoms with Gasteiger partial charge in [0.15, 0.2) is 0 Å². The molecule has 2 N–H and O–H groups in total. The van der Waals surface area contributed by atoms with Crippen LogP contribution < -0.4 is 5.32 Å². The summed E-state index contributed by atoms with van der Waals surface area (Å²) in [5.41, 5.74) is 3.35. The number of carbonyl (C=O) groups is 1. The number of nitrogens with one attached hydrogen (secondary N) is 1. The van der Waals surface area contributed by atoms with Crippen LogP contribution in [0, 0.1) is 31.1 Å². The van der Waals surface area contributed by atoms with Crippen LogP contribution in [0.1, 0.15) is 29.2 Å². The fourth-order valence-electron chi connectivity index (χ4n) is 3.50. The number of thioether (sulfide) groups is 1. The maximum atomic E-state index is 11.6. The second-order valence-electron chi connectivity index (χ2n) is 6.24. The first-order valence-electron chi connectivity index (χ1n) is 7.82. The van der Waals surface area contributed by atoms with Gasteiger partial charge in [0.05, 0.1) is 12.1 Å². The van der Waals surface area contributed by atoms with Gasteiger partial charge in [-0.1, -0.05) is 23.8 Å². The Morgan fingerprint density at radius 2 is 2.25 bits per heavy atom. The predicted octanol–water partition coefficient (Wildman–Crippen LogP) is 2.25. The largest absolute Gasteiger partial charge is 0.480 e. The molecule has 0 aromatic heterocycles. The lowest BCUT2D eigenvalue weighted by Gasteiger charge is -2.41. The quantitative estimate of drug-likeness (QED) is 0.855. The third-order valence-corrected chi connectivity index (χ3v) is 5.42. The number of hydrogen-bond acceptors (Lipinski definition) is 6. The summed E-state index contributed by atoms with van der Waals surface area (Å²) < 4.78 is 0. The van der Waals surface area contributed by atoms with Crippen LogP contribution in [0.15, 0.2) is 23.3 Å². The predicted molar refractivity (Wildman–Crippen MR) is 93.5 cm³/mol. The molecule has 0 amide bonds. The fraction of sp³-hybridized carbons (Fsp3) is 0.471. The summed E-state index contributed by atoms with van der Waals surface area (Å²) in [7, 11) is 0. The van der Waals surface area contributed by atoms with Gasteiger partial charge in [-0.15, -0.1) is 11.8 Å². The molecule has 1 aromatic carbocycles. The van der Waals surface area contributed by atoms with Crippen molar-refractivity contribution in [3.8, 4) is 6.07 Å². The fourth-order valence-corrected chi connectivity index (χ4v) is 4.11. The Balaban J connectivity index is 2.04. The Hall–Kier alpha value is -2.04. The Morgan fingerprint density at radius 3 is 2.83 bits per heavy atom. The lowest BCUT2D eigenvalue weighted by atomic mass is 9.90. The van der Waals surface area contributed by atoms with E-state index < -0.39 is 24.1 Å². The van der Waals surface area contributed by atoms with Crippen molar-refractivity contribution in [2.45, 2.75) is 38.5 Å². The van der Waals surface area contributed by atoms with E-state index in [1.165, 1.54) is 17.3 Å². The molecule has 3 rings (SSSR count). The smallest absolute Gasteiger partial charge is 0.320 e. The van der Waals surface area contributed by atoms with E-state index in [1.54, 1.807) is 0 Å². The zero-order valence-electron chi connectivity index (χ0n) is 13.9. The summed E-state index contributed by atoms with van der Waals surface area (Å²) in [6.07, 6.45) is 1.90. The van der Waals surface area contributed by atoms with Gasteiger partial charge in [-0.25, -0.2) is 0 Å². The van der Waals surface area contributed by atoms with Gasteiger partial charge in [0.25, 0.3) is 0 Å². The number of nitriles is 1. The van der Waals surface area contributed by atoms with E-state index >= 15 is 0 Å². The minimum atomic E-state index is -0.890. The highest BCUT2D eigenvalue weighted by Crippen LogP contribution is 2.40. The lowest BCUT2D eigenvalue weighted by molar-refractivity contribution is -0.142. The molecule has 0 aliphatic carbocycles. The Labute approximate surface area is 145 Å². The summed E-state index contributed by atoms with van der Waals surface area (Å²) in [5.74, 6) is -1.34. The third-order valence-electron chi connectivity index (χ3n) is 4.66. The van der Waals surface area contributed by atoms with Crippen LogP contribution in [-0.4, -0.2) is 39.6 Å². The standard InChI is InChI=1S/C17H20N4O2S/c1-9-4-5-11(10(2)6-9)14-7-13(17(22)23)19-15-12(8-18)16(24-3)20-21(14)15/h4-6,12-15,19H,7H2,1-3H3,(H,22,23). The first kappa shape index (κ1) is 16.8. The van der Waals surface area contributed by atoms with Crippen LogP contribution >= 0.6 is 11.8 Å². The lowest BCUT2D eigenvalue weighted by Crippen LogP contribution is -2.58. The number of rotatable bonds is 2. The first-order valence-corrected chi connectivity index (χ1v) is 9.05. The molecule has 0 bridgehead atoms. The van der Waals surface area contributed by atoms with Gasteiger partial charge >= 0.3 is 5.97 Å². The third kappa shape index (κ3) is 2.76. The Bertz CT molecular complexity index is 743. The molecule has 7 heteroatoms. The number of carboxylic acids is 1. The van der Waals surface area contributed by atoms with Crippen molar-refractivity contribution in [3.63, 3.8) is 0 Å². The number of fused-ring (bicyclic) bond motifs is 1. The number of hydrogen-bond donors (Lipinski definition) is 2. The topological polar surface area (TPSA) is 88.7 Å². The zero-order chi connectivity index (χ0) is 17.4. The molecule has 1 saturated heterocycles. The van der Waals surface area contributed by atoms with Crippen molar-refractivity contribution >= 4 is 22.8 Å². The number of nitrogens with zero attached hydrogens (tertiary/aromatic N) is 3. The molecule has 2 aliphatic rings. The number of aliphatic carboxylic acids is 1. The molecular formula is C17H20N4O2S. The molecule has 6 nitrogen and oxygen atoms in total. The second-order valence-corrected chi connectivity index (χ2v) is 7.07. The van der Waals surface area contributed by atoms with Crippen molar-refractivity contribution in [2.75, 3.05) is 6.26 Å². The van der Waals surface area contributed by atoms with Crippen LogP contribution in [-0.2, 0) is 4.79 Å². The maximum absolute atomic E-state index is 11.6. The number of aryl methyl sites for hydroxylation is 2. The van der Waals surface area contributed by atoms with Gasteiger partial charge < -0.3 is 5.11 Å². The summed E-state index contributed by atoms with van der Waals surface area (Å²) >= 11 is 1.44. The number of hydrazone groups is 1. The molecule has 4 atom stereocenters. The van der Waals surface area contributed by atoms with Crippen LogP contribution in [0.25, 0.3) is 0 Å². The monoisotopic (exact) mass is 344 g/mol. The van der Waals surface area contributed by atoms with E-state index in [9.17, 15) is 15.2 Å². The van der Waals surface area contributed by atoms with Gasteiger partial charge in [-0.05, 0) is 37.7 Å². The maximum Gasteiger partial charge on any atom is 0.320 e. The van der Waals surface area contributed by atoms with Gasteiger partial charge in [-0.3, -0.25) is 15.1 Å². The summed E-state index contributed by atoms with van der Waals surface area (Å²) in [5, 5.41) is 29.4. The highest BCUT2D eigenvalue weighted by molar-refractivity contribution is 8.13. The zero-order valence-corrected chi connectivity index (χ0v) is 14.7. The molecular weight excluding hydrogens is 324 g/mol. The molecule has 2 heterocycles. The highest BCUT2D eigenvalue weighted by atomic mass is 32.2. The molecule has 1 fully saturated rings. The van der Waals surface area contributed by atoms with Gasteiger partial charge in [-0.2, -0.15) is 10.4 Å². The average molecular weight is 344 g/mol. The van der Waals surface area contributed by atoms with Gasteiger partial charge in [0.1, 0.15) is 23.2 Å². The minimum absolute atomic E-state index is 0.154. The van der Waals surface area contributed by atoms with E-state index in [1.807, 2.05) is 37.2 Å². The Kier molecular flexibility index (Phi) is 4.52. The molecule has 0 radical (unpaired) electrons. The van der Waals surface area contributed by atoms with Crippen molar-refractivity contribution < 1.29 is 9.90 Å². The molecule has 126 valence electrons.